The highest BCUT2D eigenvalue weighted by molar-refractivity contribution is 5.95. The molecule has 0 radical (unpaired) electrons. The lowest BCUT2D eigenvalue weighted by Gasteiger charge is -2.10. The third-order valence-corrected chi connectivity index (χ3v) is 3.86. The van der Waals surface area contributed by atoms with E-state index in [-0.39, 0.29) is 11.7 Å². The van der Waals surface area contributed by atoms with E-state index in [0.717, 1.165) is 11.1 Å². The fourth-order valence-electron chi connectivity index (χ4n) is 2.52. The first-order valence-corrected chi connectivity index (χ1v) is 7.73. The number of halogens is 1. The molecular weight excluding hydrogens is 305 g/mol. The second-order valence-corrected chi connectivity index (χ2v) is 5.64. The van der Waals surface area contributed by atoms with Crippen LogP contribution in [0.25, 0.3) is 0 Å². The van der Waals surface area contributed by atoms with Crippen LogP contribution in [-0.4, -0.2) is 15.9 Å². The molecule has 0 saturated carbocycles. The number of H-pyrrole nitrogens is 1. The van der Waals surface area contributed by atoms with E-state index in [9.17, 15) is 9.18 Å². The van der Waals surface area contributed by atoms with Crippen molar-refractivity contribution >= 4 is 5.91 Å². The Bertz CT molecular complexity index is 844. The van der Waals surface area contributed by atoms with Crippen molar-refractivity contribution in [2.24, 2.45) is 0 Å². The van der Waals surface area contributed by atoms with E-state index in [4.69, 9.17) is 0 Å². The Kier molecular flexibility index (Phi) is 4.70. The van der Waals surface area contributed by atoms with Crippen LogP contribution in [-0.2, 0) is 13.0 Å². The van der Waals surface area contributed by atoms with Gasteiger partial charge in [0, 0.05) is 18.0 Å². The molecule has 0 aliphatic heterocycles. The zero-order valence-electron chi connectivity index (χ0n) is 13.3. The van der Waals surface area contributed by atoms with Crippen LogP contribution in [0.15, 0.2) is 54.9 Å². The number of carbonyl (C=O) groups excluding carboxylic acids is 1. The minimum Gasteiger partial charge on any atom is -0.347 e. The van der Waals surface area contributed by atoms with Crippen molar-refractivity contribution in [2.75, 3.05) is 0 Å². The van der Waals surface area contributed by atoms with Gasteiger partial charge in [-0.25, -0.2) is 9.37 Å². The maximum atomic E-state index is 13.7. The summed E-state index contributed by atoms with van der Waals surface area (Å²) < 4.78 is 13.7. The fraction of sp³-hybridized carbons (Fsp3) is 0.158. The standard InChI is InChI=1S/C19H18FN3O/c1-13-6-7-14(11-17(13)20)10-15-4-2-3-5-16(15)19(24)23-12-18-21-8-9-22-18/h2-9,11H,10,12H2,1H3,(H,21,22)(H,23,24). The number of carbonyl (C=O) groups is 1. The Balaban J connectivity index is 1.76. The maximum Gasteiger partial charge on any atom is 0.251 e. The highest BCUT2D eigenvalue weighted by Gasteiger charge is 2.12. The number of benzene rings is 2. The average molecular weight is 323 g/mol. The fourth-order valence-corrected chi connectivity index (χ4v) is 2.52. The lowest BCUT2D eigenvalue weighted by atomic mass is 9.98. The zero-order chi connectivity index (χ0) is 16.9. The van der Waals surface area contributed by atoms with Crippen LogP contribution in [0.2, 0.25) is 0 Å². The number of nitrogens with one attached hydrogen (secondary N) is 2. The van der Waals surface area contributed by atoms with E-state index >= 15 is 0 Å². The van der Waals surface area contributed by atoms with Gasteiger partial charge >= 0.3 is 0 Å². The van der Waals surface area contributed by atoms with Crippen molar-refractivity contribution in [1.29, 1.82) is 0 Å². The molecule has 2 N–H and O–H groups in total. The smallest absolute Gasteiger partial charge is 0.251 e. The topological polar surface area (TPSA) is 57.8 Å². The van der Waals surface area contributed by atoms with Crippen LogP contribution in [0.1, 0.15) is 32.9 Å². The van der Waals surface area contributed by atoms with Crippen LogP contribution < -0.4 is 5.32 Å². The summed E-state index contributed by atoms with van der Waals surface area (Å²) in [5.41, 5.74) is 2.90. The predicted molar refractivity (Wildman–Crippen MR) is 90.1 cm³/mol. The first-order valence-electron chi connectivity index (χ1n) is 7.73. The predicted octanol–water partition coefficient (Wildman–Crippen LogP) is 3.38. The first-order chi connectivity index (χ1) is 11.6. The third kappa shape index (κ3) is 3.68. The highest BCUT2D eigenvalue weighted by atomic mass is 19.1. The number of aromatic amines is 1. The number of imidazole rings is 1. The van der Waals surface area contributed by atoms with Gasteiger partial charge in [0.2, 0.25) is 0 Å². The Morgan fingerprint density at radius 3 is 2.83 bits per heavy atom. The van der Waals surface area contributed by atoms with Gasteiger partial charge in [-0.3, -0.25) is 4.79 Å². The normalized spacial score (nSPS) is 10.6. The lowest BCUT2D eigenvalue weighted by Crippen LogP contribution is -2.24. The molecule has 0 atom stereocenters. The molecule has 1 heterocycles. The molecule has 3 rings (SSSR count). The average Bonchev–Trinajstić information content (AvgIpc) is 3.10. The molecule has 3 aromatic rings. The number of hydrogen-bond donors (Lipinski definition) is 2. The van der Waals surface area contributed by atoms with Crippen molar-refractivity contribution in [1.82, 2.24) is 15.3 Å². The molecule has 0 aliphatic rings. The zero-order valence-corrected chi connectivity index (χ0v) is 13.3. The van der Waals surface area contributed by atoms with Gasteiger partial charge in [0.05, 0.1) is 6.54 Å². The van der Waals surface area contributed by atoms with Gasteiger partial charge in [0.1, 0.15) is 11.6 Å². The summed E-state index contributed by atoms with van der Waals surface area (Å²) >= 11 is 0. The Labute approximate surface area is 139 Å². The number of rotatable bonds is 5. The van der Waals surface area contributed by atoms with Crippen molar-refractivity contribution in [3.8, 4) is 0 Å². The molecule has 24 heavy (non-hydrogen) atoms. The number of aryl methyl sites for hydroxylation is 1. The van der Waals surface area contributed by atoms with Crippen LogP contribution >= 0.6 is 0 Å². The van der Waals surface area contributed by atoms with Crippen molar-refractivity contribution in [2.45, 2.75) is 19.9 Å². The Morgan fingerprint density at radius 2 is 2.08 bits per heavy atom. The molecule has 5 heteroatoms. The SMILES string of the molecule is Cc1ccc(Cc2ccccc2C(=O)NCc2ncc[nH]2)cc1F. The monoisotopic (exact) mass is 323 g/mol. The summed E-state index contributed by atoms with van der Waals surface area (Å²) in [6.45, 7) is 2.06. The summed E-state index contributed by atoms with van der Waals surface area (Å²) in [4.78, 5) is 19.5. The van der Waals surface area contributed by atoms with Crippen LogP contribution in [0.5, 0.6) is 0 Å². The molecule has 4 nitrogen and oxygen atoms in total. The lowest BCUT2D eigenvalue weighted by molar-refractivity contribution is 0.0949. The molecule has 2 aromatic carbocycles. The van der Waals surface area contributed by atoms with Gasteiger partial charge in [-0.15, -0.1) is 0 Å². The molecule has 0 aliphatic carbocycles. The molecular formula is C19H18FN3O. The second-order valence-electron chi connectivity index (χ2n) is 5.64. The minimum absolute atomic E-state index is 0.172. The highest BCUT2D eigenvalue weighted by Crippen LogP contribution is 2.17. The van der Waals surface area contributed by atoms with E-state index in [1.54, 1.807) is 31.5 Å². The molecule has 0 unspecified atom stereocenters. The van der Waals surface area contributed by atoms with Crippen molar-refractivity contribution in [3.63, 3.8) is 0 Å². The number of hydrogen-bond acceptors (Lipinski definition) is 2. The maximum absolute atomic E-state index is 13.7. The van der Waals surface area contributed by atoms with E-state index in [1.165, 1.54) is 6.07 Å². The molecule has 0 fully saturated rings. The number of amides is 1. The summed E-state index contributed by atoms with van der Waals surface area (Å²) in [5, 5.41) is 2.84. The first kappa shape index (κ1) is 15.9. The number of aromatic nitrogens is 2. The Hall–Kier alpha value is -2.95. The Morgan fingerprint density at radius 1 is 1.25 bits per heavy atom. The van der Waals surface area contributed by atoms with Crippen LogP contribution in [0.3, 0.4) is 0 Å². The van der Waals surface area contributed by atoms with E-state index in [2.05, 4.69) is 15.3 Å². The van der Waals surface area contributed by atoms with Gasteiger partial charge in [0.25, 0.3) is 5.91 Å². The van der Waals surface area contributed by atoms with Crippen molar-refractivity contribution < 1.29 is 9.18 Å². The summed E-state index contributed by atoms with van der Waals surface area (Å²) in [5.74, 6) is 0.295. The van der Waals surface area contributed by atoms with Crippen molar-refractivity contribution in [3.05, 3.63) is 88.8 Å². The van der Waals surface area contributed by atoms with E-state index in [1.807, 2.05) is 24.3 Å². The molecule has 0 spiro atoms. The number of nitrogens with zero attached hydrogens (tertiary/aromatic N) is 1. The van der Waals surface area contributed by atoms with Gasteiger partial charge in [-0.05, 0) is 42.2 Å². The van der Waals surface area contributed by atoms with E-state index in [0.29, 0.717) is 29.9 Å². The second kappa shape index (κ2) is 7.08. The van der Waals surface area contributed by atoms with Crippen LogP contribution in [0.4, 0.5) is 4.39 Å². The quantitative estimate of drug-likeness (QED) is 0.756. The van der Waals surface area contributed by atoms with Gasteiger partial charge < -0.3 is 10.3 Å². The minimum atomic E-state index is -0.229. The third-order valence-electron chi connectivity index (χ3n) is 3.86. The van der Waals surface area contributed by atoms with Gasteiger partial charge in [-0.1, -0.05) is 30.3 Å². The molecule has 0 bridgehead atoms. The molecule has 122 valence electrons. The van der Waals surface area contributed by atoms with Gasteiger partial charge in [-0.2, -0.15) is 0 Å². The molecule has 0 saturated heterocycles. The van der Waals surface area contributed by atoms with Gasteiger partial charge in [0.15, 0.2) is 0 Å². The van der Waals surface area contributed by atoms with E-state index < -0.39 is 0 Å². The largest absolute Gasteiger partial charge is 0.347 e. The summed E-state index contributed by atoms with van der Waals surface area (Å²) in [6, 6.07) is 12.5. The van der Waals surface area contributed by atoms with Crippen LogP contribution in [0, 0.1) is 12.7 Å². The molecule has 1 aromatic heterocycles. The summed E-state index contributed by atoms with van der Waals surface area (Å²) in [6.07, 6.45) is 3.85. The summed E-state index contributed by atoms with van der Waals surface area (Å²) in [7, 11) is 0. The molecule has 1 amide bonds.